The Kier molecular flexibility index (Phi) is 6.59. The molecule has 0 aliphatic heterocycles. The maximum atomic E-state index is 11.8. The van der Waals surface area contributed by atoms with Crippen molar-refractivity contribution < 1.29 is 13.9 Å². The van der Waals surface area contributed by atoms with Crippen molar-refractivity contribution in [1.29, 1.82) is 0 Å². The van der Waals surface area contributed by atoms with Gasteiger partial charge in [0.1, 0.15) is 11.6 Å². The Bertz CT molecular complexity index is 746. The highest BCUT2D eigenvalue weighted by Gasteiger charge is 2.21. The third-order valence-corrected chi connectivity index (χ3v) is 4.50. The van der Waals surface area contributed by atoms with Crippen LogP contribution >= 0.6 is 35.0 Å². The molecule has 1 unspecified atom stereocenters. The number of thioether (sulfide) groups is 1. The van der Waals surface area contributed by atoms with E-state index in [-0.39, 0.29) is 0 Å². The molecule has 1 aromatic carbocycles. The summed E-state index contributed by atoms with van der Waals surface area (Å²) in [6, 6.07) is 4.96. The number of alkyl carbamates (subject to hydrolysis) is 1. The molecule has 1 atom stereocenters. The number of hydrogen-bond donors (Lipinski definition) is 1. The van der Waals surface area contributed by atoms with Gasteiger partial charge in [0.05, 0.1) is 10.0 Å². The Labute approximate surface area is 160 Å². The van der Waals surface area contributed by atoms with Crippen LogP contribution in [0.3, 0.4) is 0 Å². The van der Waals surface area contributed by atoms with Crippen LogP contribution in [0.2, 0.25) is 10.0 Å². The fourth-order valence-electron chi connectivity index (χ4n) is 1.77. The molecular formula is C16H19Cl2N3O3S. The number of halogens is 2. The molecule has 0 fully saturated rings. The van der Waals surface area contributed by atoms with E-state index in [1.165, 1.54) is 11.8 Å². The van der Waals surface area contributed by atoms with Gasteiger partial charge in [0.15, 0.2) is 0 Å². The Morgan fingerprint density at radius 1 is 1.32 bits per heavy atom. The van der Waals surface area contributed by atoms with Gasteiger partial charge in [0.25, 0.3) is 5.22 Å². The molecule has 6 nitrogen and oxygen atoms in total. The van der Waals surface area contributed by atoms with Crippen LogP contribution in [-0.4, -0.2) is 21.9 Å². The highest BCUT2D eigenvalue weighted by molar-refractivity contribution is 7.98. The van der Waals surface area contributed by atoms with Crippen LogP contribution < -0.4 is 5.32 Å². The summed E-state index contributed by atoms with van der Waals surface area (Å²) in [6.07, 6.45) is -0.539. The number of nitrogens with zero attached hydrogens (tertiary/aromatic N) is 2. The molecule has 0 saturated heterocycles. The van der Waals surface area contributed by atoms with Crippen LogP contribution in [-0.2, 0) is 10.5 Å². The number of carbonyl (C=O) groups is 1. The molecule has 0 radical (unpaired) electrons. The molecule has 1 heterocycles. The van der Waals surface area contributed by atoms with Crippen LogP contribution in [0.15, 0.2) is 27.8 Å². The molecule has 0 bridgehead atoms. The number of amides is 1. The molecule has 0 spiro atoms. The smallest absolute Gasteiger partial charge is 0.408 e. The van der Waals surface area contributed by atoms with E-state index >= 15 is 0 Å². The molecule has 136 valence electrons. The van der Waals surface area contributed by atoms with E-state index in [1.807, 2.05) is 6.07 Å². The van der Waals surface area contributed by atoms with Gasteiger partial charge in [-0.15, -0.1) is 10.2 Å². The number of carbonyl (C=O) groups excluding carboxylic acids is 1. The lowest BCUT2D eigenvalue weighted by Crippen LogP contribution is -2.34. The SMILES string of the molecule is CC(NC(=O)OC(C)(C)C)c1nnc(SCc2ccc(Cl)c(Cl)c2)o1. The summed E-state index contributed by atoms with van der Waals surface area (Å²) < 4.78 is 10.8. The van der Waals surface area contributed by atoms with E-state index in [4.69, 9.17) is 32.4 Å². The van der Waals surface area contributed by atoms with Crippen LogP contribution in [0, 0.1) is 0 Å². The number of rotatable bonds is 5. The Balaban J connectivity index is 1.90. The standard InChI is InChI=1S/C16H19Cl2N3O3S/c1-9(19-14(22)24-16(2,3)4)13-20-21-15(23-13)25-8-10-5-6-11(17)12(18)7-10/h5-7,9H,8H2,1-4H3,(H,19,22). The monoisotopic (exact) mass is 403 g/mol. The van der Waals surface area contributed by atoms with Gasteiger partial charge in [-0.2, -0.15) is 0 Å². The fraction of sp³-hybridized carbons (Fsp3) is 0.438. The average Bonchev–Trinajstić information content (AvgIpc) is 2.95. The maximum absolute atomic E-state index is 11.8. The molecule has 2 rings (SSSR count). The highest BCUT2D eigenvalue weighted by Crippen LogP contribution is 2.27. The first-order chi connectivity index (χ1) is 11.6. The van der Waals surface area contributed by atoms with E-state index in [0.29, 0.717) is 26.9 Å². The van der Waals surface area contributed by atoms with Gasteiger partial charge in [-0.1, -0.05) is 41.0 Å². The van der Waals surface area contributed by atoms with Crippen molar-refractivity contribution in [3.05, 3.63) is 39.7 Å². The normalized spacial score (nSPS) is 12.7. The summed E-state index contributed by atoms with van der Waals surface area (Å²) in [4.78, 5) is 11.8. The molecule has 1 amide bonds. The Morgan fingerprint density at radius 3 is 2.68 bits per heavy atom. The minimum Gasteiger partial charge on any atom is -0.444 e. The molecular weight excluding hydrogens is 385 g/mol. The number of hydrogen-bond acceptors (Lipinski definition) is 6. The Morgan fingerprint density at radius 2 is 2.04 bits per heavy atom. The van der Waals surface area contributed by atoms with Gasteiger partial charge in [-0.05, 0) is 45.4 Å². The molecule has 9 heteroatoms. The van der Waals surface area contributed by atoms with Crippen LogP contribution in [0.25, 0.3) is 0 Å². The topological polar surface area (TPSA) is 77.2 Å². The summed E-state index contributed by atoms with van der Waals surface area (Å²) in [7, 11) is 0. The van der Waals surface area contributed by atoms with Crippen molar-refractivity contribution in [3.63, 3.8) is 0 Å². The quantitative estimate of drug-likeness (QED) is 0.686. The van der Waals surface area contributed by atoms with Gasteiger partial charge in [0, 0.05) is 5.75 Å². The average molecular weight is 404 g/mol. The highest BCUT2D eigenvalue weighted by atomic mass is 35.5. The number of benzene rings is 1. The second kappa shape index (κ2) is 8.29. The zero-order valence-corrected chi connectivity index (χ0v) is 16.6. The molecule has 1 aromatic heterocycles. The first-order valence-electron chi connectivity index (χ1n) is 7.53. The molecule has 2 aromatic rings. The lowest BCUT2D eigenvalue weighted by Gasteiger charge is -2.20. The molecule has 0 aliphatic rings. The van der Waals surface area contributed by atoms with E-state index < -0.39 is 17.7 Å². The van der Waals surface area contributed by atoms with E-state index in [9.17, 15) is 4.79 Å². The molecule has 1 N–H and O–H groups in total. The molecule has 0 saturated carbocycles. The van der Waals surface area contributed by atoms with E-state index in [2.05, 4.69) is 15.5 Å². The first kappa shape index (κ1) is 19.9. The van der Waals surface area contributed by atoms with Crippen molar-refractivity contribution in [2.24, 2.45) is 0 Å². The zero-order chi connectivity index (χ0) is 18.6. The molecule has 0 aliphatic carbocycles. The van der Waals surface area contributed by atoms with Crippen molar-refractivity contribution in [3.8, 4) is 0 Å². The van der Waals surface area contributed by atoms with E-state index in [1.54, 1.807) is 39.8 Å². The minimum absolute atomic E-state index is 0.308. The lowest BCUT2D eigenvalue weighted by molar-refractivity contribution is 0.0500. The van der Waals surface area contributed by atoms with Crippen LogP contribution in [0.4, 0.5) is 4.79 Å². The van der Waals surface area contributed by atoms with Crippen LogP contribution in [0.5, 0.6) is 0 Å². The number of ether oxygens (including phenoxy) is 1. The second-order valence-corrected chi connectivity index (χ2v) is 8.05. The van der Waals surface area contributed by atoms with E-state index in [0.717, 1.165) is 5.56 Å². The van der Waals surface area contributed by atoms with Crippen molar-refractivity contribution >= 4 is 41.1 Å². The molecule has 25 heavy (non-hydrogen) atoms. The van der Waals surface area contributed by atoms with Crippen molar-refractivity contribution in [1.82, 2.24) is 15.5 Å². The third-order valence-electron chi connectivity index (χ3n) is 2.87. The zero-order valence-electron chi connectivity index (χ0n) is 14.3. The number of nitrogens with one attached hydrogen (secondary N) is 1. The van der Waals surface area contributed by atoms with Gasteiger partial charge in [-0.25, -0.2) is 4.79 Å². The lowest BCUT2D eigenvalue weighted by atomic mass is 10.2. The minimum atomic E-state index is -0.570. The Hall–Kier alpha value is -1.44. The summed E-state index contributed by atoms with van der Waals surface area (Å²) in [5.74, 6) is 0.911. The van der Waals surface area contributed by atoms with Gasteiger partial charge in [-0.3, -0.25) is 0 Å². The maximum Gasteiger partial charge on any atom is 0.408 e. The van der Waals surface area contributed by atoms with Crippen LogP contribution in [0.1, 0.15) is 45.2 Å². The van der Waals surface area contributed by atoms with Crippen molar-refractivity contribution in [2.75, 3.05) is 0 Å². The predicted molar refractivity (Wildman–Crippen MR) is 98.1 cm³/mol. The number of aromatic nitrogens is 2. The fourth-order valence-corrected chi connectivity index (χ4v) is 2.81. The summed E-state index contributed by atoms with van der Waals surface area (Å²) in [5.41, 5.74) is 0.415. The third kappa shape index (κ3) is 6.41. The largest absolute Gasteiger partial charge is 0.444 e. The first-order valence-corrected chi connectivity index (χ1v) is 9.28. The van der Waals surface area contributed by atoms with Crippen molar-refractivity contribution in [2.45, 2.75) is 50.3 Å². The van der Waals surface area contributed by atoms with Gasteiger partial charge >= 0.3 is 6.09 Å². The summed E-state index contributed by atoms with van der Waals surface area (Å²) in [5, 5.41) is 12.0. The second-order valence-electron chi connectivity index (χ2n) is 6.31. The van der Waals surface area contributed by atoms with Gasteiger partial charge < -0.3 is 14.5 Å². The predicted octanol–water partition coefficient (Wildman–Crippen LogP) is 5.25. The summed E-state index contributed by atoms with van der Waals surface area (Å²) >= 11 is 13.3. The summed E-state index contributed by atoms with van der Waals surface area (Å²) in [6.45, 7) is 7.12. The van der Waals surface area contributed by atoms with Gasteiger partial charge in [0.2, 0.25) is 5.89 Å².